The number of imide groups is 1. The number of fused-ring (bicyclic) bond motifs is 1. The van der Waals surface area contributed by atoms with Crippen molar-refractivity contribution in [1.29, 1.82) is 0 Å². The van der Waals surface area contributed by atoms with Gasteiger partial charge in [0.2, 0.25) is 11.8 Å². The number of anilines is 1. The smallest absolute Gasteiger partial charge is 0.319 e. The highest BCUT2D eigenvalue weighted by atomic mass is 16.5. The number of piperidine rings is 1. The van der Waals surface area contributed by atoms with Crippen LogP contribution in [-0.2, 0) is 22.7 Å². The van der Waals surface area contributed by atoms with Crippen molar-refractivity contribution in [3.8, 4) is 5.75 Å². The number of aliphatic hydroxyl groups excluding tert-OH is 1. The number of nitrogens with one attached hydrogen (secondary N) is 3. The number of hydrogen-bond donors (Lipinski definition) is 4. The lowest BCUT2D eigenvalue weighted by molar-refractivity contribution is -0.136. The summed E-state index contributed by atoms with van der Waals surface area (Å²) >= 11 is 0. The van der Waals surface area contributed by atoms with Crippen molar-refractivity contribution in [3.05, 3.63) is 59.2 Å². The van der Waals surface area contributed by atoms with E-state index in [-0.39, 0.29) is 44.0 Å². The lowest BCUT2D eigenvalue weighted by atomic mass is 9.76. The van der Waals surface area contributed by atoms with Crippen LogP contribution in [0.1, 0.15) is 47.2 Å². The molecule has 1 atom stereocenters. The van der Waals surface area contributed by atoms with Gasteiger partial charge in [-0.2, -0.15) is 0 Å². The van der Waals surface area contributed by atoms with Gasteiger partial charge in [-0.15, -0.1) is 0 Å². The van der Waals surface area contributed by atoms with E-state index in [9.17, 15) is 19.2 Å². The van der Waals surface area contributed by atoms with E-state index < -0.39 is 11.9 Å². The molecule has 5 rings (SSSR count). The van der Waals surface area contributed by atoms with Crippen molar-refractivity contribution in [3.63, 3.8) is 0 Å². The first kappa shape index (κ1) is 24.8. The number of amides is 5. The molecule has 1 aliphatic carbocycles. The first-order valence-corrected chi connectivity index (χ1v) is 12.5. The number of benzene rings is 2. The van der Waals surface area contributed by atoms with E-state index in [4.69, 9.17) is 9.84 Å². The van der Waals surface area contributed by atoms with E-state index in [0.717, 1.165) is 29.7 Å². The van der Waals surface area contributed by atoms with Gasteiger partial charge in [0.25, 0.3) is 5.91 Å². The van der Waals surface area contributed by atoms with Crippen LogP contribution in [0.4, 0.5) is 10.5 Å². The predicted octanol–water partition coefficient (Wildman–Crippen LogP) is 2.17. The van der Waals surface area contributed by atoms with Crippen molar-refractivity contribution in [2.45, 2.75) is 44.8 Å². The molecule has 2 heterocycles. The van der Waals surface area contributed by atoms with E-state index in [1.807, 2.05) is 18.2 Å². The normalized spacial score (nSPS) is 22.7. The molecule has 2 aromatic rings. The van der Waals surface area contributed by atoms with E-state index in [0.29, 0.717) is 36.1 Å². The molecular formula is C27H30N4O6. The fraction of sp³-hybridized carbons (Fsp3) is 0.407. The minimum absolute atomic E-state index is 0.211. The van der Waals surface area contributed by atoms with Crippen molar-refractivity contribution >= 4 is 29.4 Å². The first-order chi connectivity index (χ1) is 17.9. The summed E-state index contributed by atoms with van der Waals surface area (Å²) in [6.45, 7) is 1.43. The largest absolute Gasteiger partial charge is 0.493 e. The van der Waals surface area contributed by atoms with E-state index in [1.165, 1.54) is 4.90 Å². The average molecular weight is 507 g/mol. The Morgan fingerprint density at radius 1 is 1.08 bits per heavy atom. The summed E-state index contributed by atoms with van der Waals surface area (Å²) in [5.74, 6) is 0.644. The van der Waals surface area contributed by atoms with Crippen LogP contribution in [0.3, 0.4) is 0 Å². The molecule has 1 unspecified atom stereocenters. The van der Waals surface area contributed by atoms with Crippen LogP contribution in [0.5, 0.6) is 5.75 Å². The number of hydrogen-bond acceptors (Lipinski definition) is 6. The topological polar surface area (TPSA) is 137 Å². The number of urea groups is 1. The molecule has 2 fully saturated rings. The first-order valence-electron chi connectivity index (χ1n) is 12.5. The molecule has 0 radical (unpaired) electrons. The van der Waals surface area contributed by atoms with Gasteiger partial charge in [-0.25, -0.2) is 4.79 Å². The zero-order valence-electron chi connectivity index (χ0n) is 20.4. The average Bonchev–Trinajstić information content (AvgIpc) is 3.18. The van der Waals surface area contributed by atoms with Gasteiger partial charge in [0.15, 0.2) is 0 Å². The highest BCUT2D eigenvalue weighted by Gasteiger charge is 2.39. The minimum atomic E-state index is -0.654. The molecule has 3 aliphatic rings. The summed E-state index contributed by atoms with van der Waals surface area (Å²) in [7, 11) is 0. The predicted molar refractivity (Wildman–Crippen MR) is 134 cm³/mol. The molecule has 4 N–H and O–H groups in total. The Kier molecular flexibility index (Phi) is 7.09. The van der Waals surface area contributed by atoms with Gasteiger partial charge in [-0.3, -0.25) is 19.7 Å². The third-order valence-electron chi connectivity index (χ3n) is 7.23. The summed E-state index contributed by atoms with van der Waals surface area (Å²) in [4.78, 5) is 50.3. The number of carbonyl (C=O) groups excluding carboxylic acids is 4. The molecule has 0 spiro atoms. The molecule has 194 valence electrons. The van der Waals surface area contributed by atoms with Crippen molar-refractivity contribution < 1.29 is 29.0 Å². The zero-order valence-corrected chi connectivity index (χ0v) is 20.4. The molecule has 1 saturated carbocycles. The van der Waals surface area contributed by atoms with Crippen LogP contribution in [0.25, 0.3) is 0 Å². The maximum atomic E-state index is 12.8. The Morgan fingerprint density at radius 3 is 2.59 bits per heavy atom. The van der Waals surface area contributed by atoms with Crippen molar-refractivity contribution in [2.24, 2.45) is 11.8 Å². The van der Waals surface area contributed by atoms with Crippen molar-refractivity contribution in [1.82, 2.24) is 15.5 Å². The van der Waals surface area contributed by atoms with Crippen LogP contribution in [-0.4, -0.2) is 53.0 Å². The number of aliphatic hydroxyl groups is 1. The van der Waals surface area contributed by atoms with Gasteiger partial charge >= 0.3 is 6.03 Å². The molecule has 0 aromatic heterocycles. The Balaban J connectivity index is 1.09. The number of nitrogens with zero attached hydrogens (tertiary/aromatic N) is 1. The van der Waals surface area contributed by atoms with Crippen LogP contribution >= 0.6 is 0 Å². The van der Waals surface area contributed by atoms with E-state index in [1.54, 1.807) is 24.3 Å². The van der Waals surface area contributed by atoms with Crippen LogP contribution in [0, 0.1) is 11.8 Å². The van der Waals surface area contributed by atoms with Crippen molar-refractivity contribution in [2.75, 3.05) is 18.5 Å². The van der Waals surface area contributed by atoms with Gasteiger partial charge in [0, 0.05) is 37.4 Å². The number of ether oxygens (including phenoxy) is 1. The molecule has 0 bridgehead atoms. The molecule has 37 heavy (non-hydrogen) atoms. The third kappa shape index (κ3) is 5.59. The van der Waals surface area contributed by atoms with Gasteiger partial charge in [-0.1, -0.05) is 12.1 Å². The highest BCUT2D eigenvalue weighted by molar-refractivity contribution is 6.05. The quantitative estimate of drug-likeness (QED) is 0.405. The minimum Gasteiger partial charge on any atom is -0.493 e. The Labute approximate surface area is 214 Å². The van der Waals surface area contributed by atoms with Gasteiger partial charge < -0.3 is 25.4 Å². The van der Waals surface area contributed by atoms with Crippen LogP contribution in [0.15, 0.2) is 42.5 Å². The molecule has 2 aromatic carbocycles. The molecule has 5 amide bonds. The Morgan fingerprint density at radius 2 is 1.86 bits per heavy atom. The molecule has 1 saturated heterocycles. The number of carbonyl (C=O) groups is 4. The highest BCUT2D eigenvalue weighted by Crippen LogP contribution is 2.33. The molecule has 10 heteroatoms. The van der Waals surface area contributed by atoms with Gasteiger partial charge in [0.1, 0.15) is 11.8 Å². The summed E-state index contributed by atoms with van der Waals surface area (Å²) in [6.07, 6.45) is 2.52. The Hall–Kier alpha value is -3.92. The maximum Gasteiger partial charge on any atom is 0.319 e. The van der Waals surface area contributed by atoms with E-state index >= 15 is 0 Å². The SMILES string of the molecule is O=C1CCC(N2Cc3cc(CNC(=O)Nc4ccc(OCC5CC(CO)C5)cc4)ccc3C2=O)C(=O)N1. The van der Waals surface area contributed by atoms with Crippen LogP contribution in [0.2, 0.25) is 0 Å². The standard InChI is InChI=1S/C27H30N4O6/c32-14-17-9-18(10-17)15-37-21-4-2-20(3-5-21)29-27(36)28-12-16-1-6-22-19(11-16)13-31(26(22)35)23-7-8-24(33)30-25(23)34/h1-6,11,17-18,23,32H,7-10,12-15H2,(H2,28,29,36)(H,30,33,34). The second-order valence-corrected chi connectivity index (χ2v) is 9.92. The van der Waals surface area contributed by atoms with Gasteiger partial charge in [-0.05, 0) is 72.6 Å². The summed E-state index contributed by atoms with van der Waals surface area (Å²) < 4.78 is 5.79. The second-order valence-electron chi connectivity index (χ2n) is 9.92. The second kappa shape index (κ2) is 10.6. The fourth-order valence-electron chi connectivity index (χ4n) is 5.10. The lowest BCUT2D eigenvalue weighted by Crippen LogP contribution is -2.52. The lowest BCUT2D eigenvalue weighted by Gasteiger charge is -2.33. The van der Waals surface area contributed by atoms with E-state index in [2.05, 4.69) is 16.0 Å². The zero-order chi connectivity index (χ0) is 25.9. The molecule has 2 aliphatic heterocycles. The third-order valence-corrected chi connectivity index (χ3v) is 7.23. The van der Waals surface area contributed by atoms with Crippen LogP contribution < -0.4 is 20.7 Å². The Bertz CT molecular complexity index is 1210. The number of rotatable bonds is 8. The fourth-order valence-corrected chi connectivity index (χ4v) is 5.10. The van der Waals surface area contributed by atoms with Gasteiger partial charge in [0.05, 0.1) is 6.61 Å². The summed E-state index contributed by atoms with van der Waals surface area (Å²) in [5, 5.41) is 17.0. The maximum absolute atomic E-state index is 12.8. The summed E-state index contributed by atoms with van der Waals surface area (Å²) in [6, 6.07) is 11.5. The molecule has 10 nitrogen and oxygen atoms in total. The molecular weight excluding hydrogens is 476 g/mol. The summed E-state index contributed by atoms with van der Waals surface area (Å²) in [5.41, 5.74) is 2.78. The monoisotopic (exact) mass is 506 g/mol.